The molecule has 132 valence electrons. The highest BCUT2D eigenvalue weighted by atomic mass is 127. The van der Waals surface area contributed by atoms with Gasteiger partial charge in [0.1, 0.15) is 0 Å². The van der Waals surface area contributed by atoms with Crippen molar-refractivity contribution in [3.05, 3.63) is 0 Å². The second kappa shape index (κ2) is 12.4. The number of guanidine groups is 1. The summed E-state index contributed by atoms with van der Waals surface area (Å²) < 4.78 is 0. The van der Waals surface area contributed by atoms with Crippen LogP contribution < -0.4 is 10.6 Å². The second-order valence-corrected chi connectivity index (χ2v) is 6.76. The molecule has 0 bridgehead atoms. The van der Waals surface area contributed by atoms with Gasteiger partial charge in [0.25, 0.3) is 0 Å². The van der Waals surface area contributed by atoms with Gasteiger partial charge >= 0.3 is 0 Å². The number of nitrogens with zero attached hydrogens (tertiary/aromatic N) is 1. The van der Waals surface area contributed by atoms with Crippen LogP contribution in [0.25, 0.3) is 0 Å². The highest BCUT2D eigenvalue weighted by Crippen LogP contribution is 2.37. The second-order valence-electron chi connectivity index (χ2n) is 6.76. The molecule has 1 saturated carbocycles. The summed E-state index contributed by atoms with van der Waals surface area (Å²) >= 11 is 0. The number of hydrogen-bond acceptors (Lipinski definition) is 2. The Hall–Kier alpha value is -0.0400. The van der Waals surface area contributed by atoms with E-state index in [0.29, 0.717) is 11.3 Å². The van der Waals surface area contributed by atoms with Crippen LogP contribution in [-0.2, 0) is 0 Å². The third-order valence-corrected chi connectivity index (χ3v) is 4.57. The Morgan fingerprint density at radius 3 is 2.41 bits per heavy atom. The Kier molecular flexibility index (Phi) is 12.4. The van der Waals surface area contributed by atoms with E-state index in [2.05, 4.69) is 31.4 Å². The lowest BCUT2D eigenvalue weighted by molar-refractivity contribution is 0.251. The van der Waals surface area contributed by atoms with E-state index in [1.165, 1.54) is 25.7 Å². The molecule has 0 aromatic carbocycles. The predicted octanol–water partition coefficient (Wildman–Crippen LogP) is 3.54. The van der Waals surface area contributed by atoms with Crippen molar-refractivity contribution in [2.75, 3.05) is 26.2 Å². The number of hydrogen-bond donors (Lipinski definition) is 3. The van der Waals surface area contributed by atoms with Gasteiger partial charge in [-0.2, -0.15) is 0 Å². The molecule has 1 rings (SSSR count). The third kappa shape index (κ3) is 8.56. The number of nitrogens with one attached hydrogen (secondary N) is 2. The molecule has 0 saturated heterocycles. The van der Waals surface area contributed by atoms with Crippen LogP contribution in [0.2, 0.25) is 0 Å². The maximum absolute atomic E-state index is 9.14. The van der Waals surface area contributed by atoms with E-state index < -0.39 is 0 Å². The van der Waals surface area contributed by atoms with Gasteiger partial charge in [-0.1, -0.05) is 33.1 Å². The molecule has 0 spiro atoms. The number of halogens is 1. The summed E-state index contributed by atoms with van der Waals surface area (Å²) in [6, 6.07) is 0. The molecule has 4 nitrogen and oxygen atoms in total. The van der Waals surface area contributed by atoms with Gasteiger partial charge in [-0.05, 0) is 43.9 Å². The first kappa shape index (κ1) is 22.0. The van der Waals surface area contributed by atoms with E-state index >= 15 is 0 Å². The smallest absolute Gasteiger partial charge is 0.191 e. The molecule has 0 radical (unpaired) electrons. The Labute approximate surface area is 154 Å². The molecule has 1 fully saturated rings. The van der Waals surface area contributed by atoms with E-state index in [1.54, 1.807) is 0 Å². The topological polar surface area (TPSA) is 56.6 Å². The van der Waals surface area contributed by atoms with Gasteiger partial charge in [0.05, 0.1) is 0 Å². The molecule has 1 aliphatic rings. The van der Waals surface area contributed by atoms with Crippen LogP contribution in [0, 0.1) is 11.3 Å². The summed E-state index contributed by atoms with van der Waals surface area (Å²) in [7, 11) is 0. The maximum atomic E-state index is 9.14. The zero-order chi connectivity index (χ0) is 15.6. The van der Waals surface area contributed by atoms with Gasteiger partial charge in [0, 0.05) is 26.2 Å². The largest absolute Gasteiger partial charge is 0.396 e. The van der Waals surface area contributed by atoms with Gasteiger partial charge < -0.3 is 15.7 Å². The Balaban J connectivity index is 0.00000441. The summed E-state index contributed by atoms with van der Waals surface area (Å²) in [6.07, 6.45) is 8.51. The Bertz CT molecular complexity index is 298. The van der Waals surface area contributed by atoms with Crippen LogP contribution in [0.15, 0.2) is 4.99 Å². The number of rotatable bonds is 9. The molecule has 1 atom stereocenters. The average Bonchev–Trinajstić information content (AvgIpc) is 2.89. The Morgan fingerprint density at radius 1 is 1.18 bits per heavy atom. The molecule has 1 aliphatic carbocycles. The van der Waals surface area contributed by atoms with E-state index in [1.807, 2.05) is 0 Å². The third-order valence-electron chi connectivity index (χ3n) is 4.57. The van der Waals surface area contributed by atoms with Crippen LogP contribution in [-0.4, -0.2) is 37.3 Å². The van der Waals surface area contributed by atoms with Crippen molar-refractivity contribution in [2.45, 2.75) is 65.7 Å². The molecule has 0 aromatic rings. The standard InChI is InChI=1S/C17H35N3O.HI/c1-4-8-15(9-12-21)13-19-16(18-5-2)20-14-17(3)10-6-7-11-17;/h15,21H,4-14H2,1-3H3,(H2,18,19,20);1H. The van der Waals surface area contributed by atoms with Crippen LogP contribution in [0.1, 0.15) is 65.7 Å². The van der Waals surface area contributed by atoms with Gasteiger partial charge in [0.15, 0.2) is 5.96 Å². The van der Waals surface area contributed by atoms with Gasteiger partial charge in [-0.25, -0.2) is 0 Å². The predicted molar refractivity (Wildman–Crippen MR) is 106 cm³/mol. The van der Waals surface area contributed by atoms with Crippen LogP contribution in [0.4, 0.5) is 0 Å². The minimum absolute atomic E-state index is 0. The quantitative estimate of drug-likeness (QED) is 0.301. The zero-order valence-corrected chi connectivity index (χ0v) is 17.0. The zero-order valence-electron chi connectivity index (χ0n) is 14.7. The first-order valence-corrected chi connectivity index (χ1v) is 8.76. The molecular weight excluding hydrogens is 389 g/mol. The number of aliphatic imine (C=N–C) groups is 1. The van der Waals surface area contributed by atoms with Crippen LogP contribution >= 0.6 is 24.0 Å². The molecule has 0 heterocycles. The fourth-order valence-corrected chi connectivity index (χ4v) is 3.18. The van der Waals surface area contributed by atoms with Crippen molar-refractivity contribution in [1.82, 2.24) is 10.6 Å². The average molecular weight is 425 g/mol. The van der Waals surface area contributed by atoms with Crippen molar-refractivity contribution < 1.29 is 5.11 Å². The summed E-state index contributed by atoms with van der Waals surface area (Å²) in [5.41, 5.74) is 0.399. The molecule has 0 aliphatic heterocycles. The van der Waals surface area contributed by atoms with Crippen molar-refractivity contribution >= 4 is 29.9 Å². The van der Waals surface area contributed by atoms with Crippen LogP contribution in [0.5, 0.6) is 0 Å². The first-order valence-electron chi connectivity index (χ1n) is 8.76. The first-order chi connectivity index (χ1) is 10.1. The molecule has 0 amide bonds. The fraction of sp³-hybridized carbons (Fsp3) is 0.941. The minimum atomic E-state index is 0. The van der Waals surface area contributed by atoms with Gasteiger partial charge in [-0.15, -0.1) is 24.0 Å². The number of aliphatic hydroxyl groups excluding tert-OH is 1. The molecule has 0 aromatic heterocycles. The highest BCUT2D eigenvalue weighted by Gasteiger charge is 2.28. The SMILES string of the molecule is CCCC(CCO)CNC(=NCC1(C)CCCC1)NCC.I. The highest BCUT2D eigenvalue weighted by molar-refractivity contribution is 14.0. The van der Waals surface area contributed by atoms with Crippen LogP contribution in [0.3, 0.4) is 0 Å². The lowest BCUT2D eigenvalue weighted by atomic mass is 9.89. The van der Waals surface area contributed by atoms with E-state index in [9.17, 15) is 0 Å². The van der Waals surface area contributed by atoms with Crippen molar-refractivity contribution in [2.24, 2.45) is 16.3 Å². The molecule has 5 heteroatoms. The van der Waals surface area contributed by atoms with Crippen molar-refractivity contribution in [3.8, 4) is 0 Å². The Morgan fingerprint density at radius 2 is 1.86 bits per heavy atom. The van der Waals surface area contributed by atoms with Gasteiger partial charge in [0.2, 0.25) is 0 Å². The fourth-order valence-electron chi connectivity index (χ4n) is 3.18. The van der Waals surface area contributed by atoms with Crippen molar-refractivity contribution in [3.63, 3.8) is 0 Å². The minimum Gasteiger partial charge on any atom is -0.396 e. The van der Waals surface area contributed by atoms with Crippen molar-refractivity contribution in [1.29, 1.82) is 0 Å². The van der Waals surface area contributed by atoms with E-state index in [-0.39, 0.29) is 30.6 Å². The number of aliphatic hydroxyl groups is 1. The molecule has 3 N–H and O–H groups in total. The van der Waals surface area contributed by atoms with Gasteiger partial charge in [-0.3, -0.25) is 4.99 Å². The lowest BCUT2D eigenvalue weighted by Gasteiger charge is -2.22. The maximum Gasteiger partial charge on any atom is 0.191 e. The summed E-state index contributed by atoms with van der Waals surface area (Å²) in [6.45, 7) is 9.64. The van der Waals surface area contributed by atoms with E-state index in [4.69, 9.17) is 10.1 Å². The summed E-state index contributed by atoms with van der Waals surface area (Å²) in [4.78, 5) is 4.79. The summed E-state index contributed by atoms with van der Waals surface area (Å²) in [5.74, 6) is 1.47. The molecule has 22 heavy (non-hydrogen) atoms. The molecular formula is C17H36IN3O. The monoisotopic (exact) mass is 425 g/mol. The molecule has 1 unspecified atom stereocenters. The summed E-state index contributed by atoms with van der Waals surface area (Å²) in [5, 5.41) is 15.9. The normalized spacial score (nSPS) is 18.6. The lowest BCUT2D eigenvalue weighted by Crippen LogP contribution is -2.40. The van der Waals surface area contributed by atoms with E-state index in [0.717, 1.165) is 44.9 Å².